The quantitative estimate of drug-likeness (QED) is 0.544. The van der Waals surface area contributed by atoms with Crippen molar-refractivity contribution in [1.82, 2.24) is 10.2 Å². The molecule has 7 nitrogen and oxygen atoms in total. The van der Waals surface area contributed by atoms with Crippen molar-refractivity contribution in [2.45, 2.75) is 0 Å². The van der Waals surface area contributed by atoms with Crippen LogP contribution in [0.3, 0.4) is 0 Å². The first-order valence-corrected chi connectivity index (χ1v) is 9.70. The summed E-state index contributed by atoms with van der Waals surface area (Å²) in [7, 11) is 0. The van der Waals surface area contributed by atoms with Crippen LogP contribution in [0.1, 0.15) is 20.4 Å². The number of carbonyl (C=O) groups excluding carboxylic acids is 1. The van der Waals surface area contributed by atoms with Crippen LogP contribution in [0, 0.1) is 0 Å². The largest absolute Gasteiger partial charge is 0.482 e. The maximum atomic E-state index is 12.3. The molecular weight excluding hydrogens is 437 g/mol. The third kappa shape index (κ3) is 6.02. The van der Waals surface area contributed by atoms with E-state index in [2.05, 4.69) is 15.5 Å². The third-order valence-corrected chi connectivity index (χ3v) is 5.07. The number of aromatic nitrogens is 2. The zero-order chi connectivity index (χ0) is 20.8. The molecule has 1 aromatic heterocycles. The Labute approximate surface area is 179 Å². The van der Waals surface area contributed by atoms with Crippen molar-refractivity contribution in [3.8, 4) is 5.75 Å². The zero-order valence-corrected chi connectivity index (χ0v) is 17.0. The van der Waals surface area contributed by atoms with E-state index in [-0.39, 0.29) is 5.01 Å². The van der Waals surface area contributed by atoms with Crippen molar-refractivity contribution < 1.29 is 19.4 Å². The van der Waals surface area contributed by atoms with Crippen LogP contribution in [0.15, 0.2) is 48.5 Å². The molecule has 3 aromatic rings. The Morgan fingerprint density at radius 2 is 1.72 bits per heavy atom. The van der Waals surface area contributed by atoms with Crippen LogP contribution in [0.5, 0.6) is 5.75 Å². The van der Waals surface area contributed by atoms with E-state index in [9.17, 15) is 9.59 Å². The van der Waals surface area contributed by atoms with Crippen LogP contribution >= 0.6 is 34.5 Å². The number of amides is 1. The van der Waals surface area contributed by atoms with Gasteiger partial charge in [-0.15, -0.1) is 10.2 Å². The Morgan fingerprint density at radius 1 is 1.07 bits per heavy atom. The van der Waals surface area contributed by atoms with Gasteiger partial charge in [0.1, 0.15) is 5.75 Å². The lowest BCUT2D eigenvalue weighted by atomic mass is 10.2. The average molecular weight is 450 g/mol. The maximum Gasteiger partial charge on any atom is 0.341 e. The Balaban J connectivity index is 1.66. The molecule has 29 heavy (non-hydrogen) atoms. The van der Waals surface area contributed by atoms with E-state index in [1.807, 2.05) is 0 Å². The summed E-state index contributed by atoms with van der Waals surface area (Å²) < 4.78 is 5.07. The Hall–Kier alpha value is -2.94. The van der Waals surface area contributed by atoms with Crippen molar-refractivity contribution in [2.24, 2.45) is 0 Å². The van der Waals surface area contributed by atoms with Crippen molar-refractivity contribution in [1.29, 1.82) is 0 Å². The number of carboxylic acids is 1. The highest BCUT2D eigenvalue weighted by Crippen LogP contribution is 2.26. The van der Waals surface area contributed by atoms with E-state index in [1.54, 1.807) is 54.6 Å². The summed E-state index contributed by atoms with van der Waals surface area (Å²) in [5.74, 6) is -1.03. The molecule has 0 radical (unpaired) electrons. The number of nitrogens with one attached hydrogen (secondary N) is 1. The van der Waals surface area contributed by atoms with Gasteiger partial charge < -0.3 is 15.2 Å². The average Bonchev–Trinajstić information content (AvgIpc) is 3.20. The Morgan fingerprint density at radius 3 is 2.38 bits per heavy atom. The highest BCUT2D eigenvalue weighted by Gasteiger charge is 2.15. The molecule has 0 atom stereocenters. The molecule has 0 aliphatic carbocycles. The van der Waals surface area contributed by atoms with Gasteiger partial charge in [-0.3, -0.25) is 4.79 Å². The molecule has 2 aromatic carbocycles. The minimum atomic E-state index is -1.05. The molecule has 0 aliphatic rings. The minimum absolute atomic E-state index is 0.166. The van der Waals surface area contributed by atoms with E-state index < -0.39 is 18.5 Å². The summed E-state index contributed by atoms with van der Waals surface area (Å²) in [5, 5.41) is 20.6. The molecule has 0 spiro atoms. The van der Waals surface area contributed by atoms with Gasteiger partial charge in [0.15, 0.2) is 11.6 Å². The molecule has 148 valence electrons. The molecule has 1 heterocycles. The monoisotopic (exact) mass is 449 g/mol. The number of benzene rings is 2. The topological polar surface area (TPSA) is 101 Å². The summed E-state index contributed by atoms with van der Waals surface area (Å²) in [6, 6.07) is 13.4. The Bertz CT molecular complexity index is 1050. The lowest BCUT2D eigenvalue weighted by molar-refractivity contribution is -0.139. The van der Waals surface area contributed by atoms with Crippen LogP contribution in [-0.2, 0) is 4.79 Å². The molecule has 0 unspecified atom stereocenters. The molecule has 0 bridgehead atoms. The fraction of sp³-hybridized carbons (Fsp3) is 0.0526. The summed E-state index contributed by atoms with van der Waals surface area (Å²) >= 11 is 13.2. The van der Waals surface area contributed by atoms with E-state index >= 15 is 0 Å². The van der Waals surface area contributed by atoms with Gasteiger partial charge in [-0.25, -0.2) is 4.79 Å². The smallest absolute Gasteiger partial charge is 0.341 e. The van der Waals surface area contributed by atoms with E-state index in [4.69, 9.17) is 33.0 Å². The molecule has 0 aliphatic heterocycles. The second-order valence-electron chi connectivity index (χ2n) is 5.62. The van der Waals surface area contributed by atoms with Crippen LogP contribution in [0.2, 0.25) is 5.02 Å². The number of hydrogen-bond donors (Lipinski definition) is 2. The molecule has 0 fully saturated rings. The van der Waals surface area contributed by atoms with Crippen LogP contribution in [-0.4, -0.2) is 33.8 Å². The molecular formula is C19H13Cl2N3O4S. The number of nitrogens with zero attached hydrogens (tertiary/aromatic N) is 2. The van der Waals surface area contributed by atoms with Gasteiger partial charge in [-0.2, -0.15) is 0 Å². The van der Waals surface area contributed by atoms with Gasteiger partial charge >= 0.3 is 5.97 Å². The summed E-state index contributed by atoms with van der Waals surface area (Å²) in [4.78, 5) is 22.8. The summed E-state index contributed by atoms with van der Waals surface area (Å²) in [6.07, 6.45) is 1.66. The normalized spacial score (nSPS) is 11.2. The van der Waals surface area contributed by atoms with Crippen LogP contribution in [0.25, 0.3) is 11.1 Å². The fourth-order valence-electron chi connectivity index (χ4n) is 2.14. The SMILES string of the molecule is O=C(O)COc1ccc(/C=C(\Cl)c2nnc(C(=O)Nc3ccc(Cl)cc3)s2)cc1. The number of aliphatic carboxylic acids is 1. The highest BCUT2D eigenvalue weighted by atomic mass is 35.5. The van der Waals surface area contributed by atoms with Crippen molar-refractivity contribution >= 4 is 63.2 Å². The van der Waals surface area contributed by atoms with Crippen molar-refractivity contribution in [3.63, 3.8) is 0 Å². The van der Waals surface area contributed by atoms with Gasteiger partial charge in [0.05, 0.1) is 5.03 Å². The lowest BCUT2D eigenvalue weighted by Crippen LogP contribution is -2.11. The standard InChI is InChI=1S/C19H13Cl2N3O4S/c20-12-3-5-13(6-4-12)22-17(27)19-24-23-18(29-19)15(21)9-11-1-7-14(8-2-11)28-10-16(25)26/h1-9H,10H2,(H,22,27)(H,25,26)/b15-9-. The number of halogens is 2. The minimum Gasteiger partial charge on any atom is -0.482 e. The molecule has 0 saturated heterocycles. The predicted molar refractivity (Wildman–Crippen MR) is 113 cm³/mol. The number of ether oxygens (including phenoxy) is 1. The number of hydrogen-bond acceptors (Lipinski definition) is 6. The number of carboxylic acid groups (broad SMARTS) is 1. The second-order valence-corrected chi connectivity index (χ2v) is 7.44. The summed E-state index contributed by atoms with van der Waals surface area (Å²) in [6.45, 7) is -0.415. The zero-order valence-electron chi connectivity index (χ0n) is 14.6. The van der Waals surface area contributed by atoms with Gasteiger partial charge in [-0.1, -0.05) is 46.7 Å². The molecule has 10 heteroatoms. The van der Waals surface area contributed by atoms with Crippen LogP contribution in [0.4, 0.5) is 5.69 Å². The first-order valence-electron chi connectivity index (χ1n) is 8.13. The third-order valence-electron chi connectivity index (χ3n) is 3.46. The fourth-order valence-corrected chi connectivity index (χ4v) is 3.19. The van der Waals surface area contributed by atoms with Gasteiger partial charge in [-0.05, 0) is 48.0 Å². The van der Waals surface area contributed by atoms with E-state index in [0.29, 0.717) is 26.5 Å². The summed E-state index contributed by atoms with van der Waals surface area (Å²) in [5.41, 5.74) is 1.34. The highest BCUT2D eigenvalue weighted by molar-refractivity contribution is 7.15. The van der Waals surface area contributed by atoms with Crippen molar-refractivity contribution in [3.05, 3.63) is 69.1 Å². The number of rotatable bonds is 7. The lowest BCUT2D eigenvalue weighted by Gasteiger charge is -2.03. The van der Waals surface area contributed by atoms with E-state index in [1.165, 1.54) is 0 Å². The van der Waals surface area contributed by atoms with Gasteiger partial charge in [0.2, 0.25) is 5.01 Å². The molecule has 2 N–H and O–H groups in total. The maximum absolute atomic E-state index is 12.3. The number of anilines is 1. The van der Waals surface area contributed by atoms with Gasteiger partial charge in [0, 0.05) is 10.7 Å². The second kappa shape index (κ2) is 9.51. The Kier molecular flexibility index (Phi) is 6.82. The molecule has 0 saturated carbocycles. The first kappa shape index (κ1) is 20.8. The van der Waals surface area contributed by atoms with Gasteiger partial charge in [0.25, 0.3) is 5.91 Å². The van der Waals surface area contributed by atoms with Crippen molar-refractivity contribution in [2.75, 3.05) is 11.9 Å². The number of carbonyl (C=O) groups is 2. The molecule has 3 rings (SSSR count). The predicted octanol–water partition coefficient (Wildman–Crippen LogP) is 4.64. The van der Waals surface area contributed by atoms with E-state index in [0.717, 1.165) is 16.9 Å². The van der Waals surface area contributed by atoms with Crippen LogP contribution < -0.4 is 10.1 Å². The first-order chi connectivity index (χ1) is 13.9. The molecule has 1 amide bonds.